The van der Waals surface area contributed by atoms with Gasteiger partial charge in [0.05, 0.1) is 17.9 Å². The highest BCUT2D eigenvalue weighted by molar-refractivity contribution is 6.30. The molecule has 0 aliphatic heterocycles. The van der Waals surface area contributed by atoms with Crippen molar-refractivity contribution in [3.05, 3.63) is 47.2 Å². The molecular formula is C14H17ClN4O2. The van der Waals surface area contributed by atoms with Crippen molar-refractivity contribution < 1.29 is 9.53 Å². The van der Waals surface area contributed by atoms with Gasteiger partial charge < -0.3 is 15.4 Å². The molecule has 1 heterocycles. The number of carbonyl (C=O) groups excluding carboxylic acids is 1. The van der Waals surface area contributed by atoms with Gasteiger partial charge in [0.2, 0.25) is 0 Å². The fourth-order valence-electron chi connectivity index (χ4n) is 2.05. The number of urea groups is 1. The van der Waals surface area contributed by atoms with Gasteiger partial charge in [0, 0.05) is 18.3 Å². The summed E-state index contributed by atoms with van der Waals surface area (Å²) in [6, 6.07) is 6.80. The zero-order valence-corrected chi connectivity index (χ0v) is 12.5. The van der Waals surface area contributed by atoms with E-state index in [0.717, 1.165) is 5.56 Å². The van der Waals surface area contributed by atoms with Gasteiger partial charge in [-0.2, -0.15) is 5.10 Å². The van der Waals surface area contributed by atoms with Crippen LogP contribution in [0, 0.1) is 0 Å². The van der Waals surface area contributed by atoms with Gasteiger partial charge in [0.15, 0.2) is 0 Å². The van der Waals surface area contributed by atoms with Gasteiger partial charge in [0.1, 0.15) is 6.10 Å². The van der Waals surface area contributed by atoms with E-state index >= 15 is 0 Å². The molecule has 0 fully saturated rings. The number of carbonyl (C=O) groups is 1. The maximum absolute atomic E-state index is 11.9. The first-order valence-electron chi connectivity index (χ1n) is 6.44. The standard InChI is InChI=1S/C14H17ClN4O2/c1-9(18-14(20)19-12-7-16-17-8-12)13(21-2)10-3-5-11(15)6-4-10/h3-9,13H,1-2H3,(H,16,17)(H2,18,19,20)/t9-,13+/m0/s1. The Morgan fingerprint density at radius 1 is 1.38 bits per heavy atom. The number of rotatable bonds is 5. The lowest BCUT2D eigenvalue weighted by molar-refractivity contribution is 0.0770. The van der Waals surface area contributed by atoms with Gasteiger partial charge in [-0.3, -0.25) is 5.10 Å². The number of anilines is 1. The number of amides is 2. The third kappa shape index (κ3) is 4.21. The van der Waals surface area contributed by atoms with E-state index in [0.29, 0.717) is 10.7 Å². The normalized spacial score (nSPS) is 13.5. The first-order valence-corrected chi connectivity index (χ1v) is 6.82. The summed E-state index contributed by atoms with van der Waals surface area (Å²) in [7, 11) is 1.60. The maximum atomic E-state index is 11.9. The Hall–Kier alpha value is -2.05. The van der Waals surface area contributed by atoms with Crippen molar-refractivity contribution in [1.29, 1.82) is 0 Å². The van der Waals surface area contributed by atoms with Crippen LogP contribution in [0.4, 0.5) is 10.5 Å². The molecule has 7 heteroatoms. The zero-order chi connectivity index (χ0) is 15.2. The molecule has 1 aromatic carbocycles. The summed E-state index contributed by atoms with van der Waals surface area (Å²) < 4.78 is 5.47. The largest absolute Gasteiger partial charge is 0.375 e. The maximum Gasteiger partial charge on any atom is 0.319 e. The third-order valence-corrected chi connectivity index (χ3v) is 3.27. The number of ether oxygens (including phenoxy) is 1. The summed E-state index contributed by atoms with van der Waals surface area (Å²) in [4.78, 5) is 11.9. The summed E-state index contributed by atoms with van der Waals surface area (Å²) >= 11 is 5.87. The van der Waals surface area contributed by atoms with E-state index in [1.54, 1.807) is 25.4 Å². The van der Waals surface area contributed by atoms with Crippen LogP contribution in [0.2, 0.25) is 5.02 Å². The first kappa shape index (κ1) is 15.3. The second kappa shape index (κ2) is 7.10. The summed E-state index contributed by atoms with van der Waals surface area (Å²) in [5.41, 5.74) is 1.54. The molecule has 0 aliphatic rings. The average molecular weight is 309 g/mol. The Bertz CT molecular complexity index is 571. The van der Waals surface area contributed by atoms with Gasteiger partial charge >= 0.3 is 6.03 Å². The number of aromatic nitrogens is 2. The van der Waals surface area contributed by atoms with Crippen molar-refractivity contribution in [2.24, 2.45) is 0 Å². The smallest absolute Gasteiger partial charge is 0.319 e. The van der Waals surface area contributed by atoms with E-state index in [1.165, 1.54) is 6.20 Å². The summed E-state index contributed by atoms with van der Waals surface area (Å²) in [6.45, 7) is 1.87. The molecule has 2 atom stereocenters. The second-order valence-corrected chi connectivity index (χ2v) is 5.02. The molecule has 112 valence electrons. The molecule has 0 unspecified atom stereocenters. The molecule has 0 saturated carbocycles. The second-order valence-electron chi connectivity index (χ2n) is 4.58. The third-order valence-electron chi connectivity index (χ3n) is 3.02. The number of aromatic amines is 1. The van der Waals surface area contributed by atoms with E-state index in [-0.39, 0.29) is 18.2 Å². The number of H-pyrrole nitrogens is 1. The zero-order valence-electron chi connectivity index (χ0n) is 11.8. The Kier molecular flexibility index (Phi) is 5.19. The van der Waals surface area contributed by atoms with Crippen LogP contribution in [-0.2, 0) is 4.74 Å². The summed E-state index contributed by atoms with van der Waals surface area (Å²) in [5, 5.41) is 12.5. The highest BCUT2D eigenvalue weighted by atomic mass is 35.5. The van der Waals surface area contributed by atoms with Crippen LogP contribution in [0.25, 0.3) is 0 Å². The Labute approximate surface area is 127 Å². The Balaban J connectivity index is 1.98. The van der Waals surface area contributed by atoms with Crippen LogP contribution in [0.5, 0.6) is 0 Å². The summed E-state index contributed by atoms with van der Waals surface area (Å²) in [5.74, 6) is 0. The van der Waals surface area contributed by atoms with Crippen LogP contribution < -0.4 is 10.6 Å². The van der Waals surface area contributed by atoms with Crippen LogP contribution in [0.3, 0.4) is 0 Å². The molecule has 0 aliphatic carbocycles. The molecular weight excluding hydrogens is 292 g/mol. The number of hydrogen-bond acceptors (Lipinski definition) is 3. The lowest BCUT2D eigenvalue weighted by Gasteiger charge is -2.24. The van der Waals surface area contributed by atoms with Crippen molar-refractivity contribution >= 4 is 23.3 Å². The fraction of sp³-hybridized carbons (Fsp3) is 0.286. The molecule has 0 radical (unpaired) electrons. The van der Waals surface area contributed by atoms with E-state index in [2.05, 4.69) is 20.8 Å². The van der Waals surface area contributed by atoms with Crippen LogP contribution in [-0.4, -0.2) is 29.4 Å². The SMILES string of the molecule is CO[C@@H](c1ccc(Cl)cc1)[C@H](C)NC(=O)Nc1cn[nH]c1. The predicted octanol–water partition coefficient (Wildman–Crippen LogP) is 2.96. The number of halogens is 1. The summed E-state index contributed by atoms with van der Waals surface area (Å²) in [6.07, 6.45) is 2.85. The molecule has 2 rings (SSSR count). The molecule has 0 saturated heterocycles. The number of nitrogens with one attached hydrogen (secondary N) is 3. The van der Waals surface area contributed by atoms with E-state index < -0.39 is 0 Å². The highest BCUT2D eigenvalue weighted by Gasteiger charge is 2.20. The van der Waals surface area contributed by atoms with Gasteiger partial charge in [-0.05, 0) is 24.6 Å². The first-order chi connectivity index (χ1) is 10.1. The molecule has 21 heavy (non-hydrogen) atoms. The van der Waals surface area contributed by atoms with Gasteiger partial charge in [-0.15, -0.1) is 0 Å². The Morgan fingerprint density at radius 2 is 2.10 bits per heavy atom. The molecule has 0 spiro atoms. The molecule has 2 amide bonds. The molecule has 1 aromatic heterocycles. The molecule has 0 bridgehead atoms. The van der Waals surface area contributed by atoms with Crippen LogP contribution in [0.1, 0.15) is 18.6 Å². The van der Waals surface area contributed by atoms with Crippen molar-refractivity contribution in [3.8, 4) is 0 Å². The lowest BCUT2D eigenvalue weighted by atomic mass is 10.0. The number of benzene rings is 1. The van der Waals surface area contributed by atoms with Crippen LogP contribution in [0.15, 0.2) is 36.7 Å². The fourth-order valence-corrected chi connectivity index (χ4v) is 2.18. The molecule has 2 aromatic rings. The predicted molar refractivity (Wildman–Crippen MR) is 81.4 cm³/mol. The lowest BCUT2D eigenvalue weighted by Crippen LogP contribution is -2.40. The van der Waals surface area contributed by atoms with Crippen molar-refractivity contribution in [3.63, 3.8) is 0 Å². The number of hydrogen-bond donors (Lipinski definition) is 3. The number of methoxy groups -OCH3 is 1. The van der Waals surface area contributed by atoms with E-state index in [4.69, 9.17) is 16.3 Å². The van der Waals surface area contributed by atoms with Crippen LogP contribution >= 0.6 is 11.6 Å². The van der Waals surface area contributed by atoms with Gasteiger partial charge in [0.25, 0.3) is 0 Å². The van der Waals surface area contributed by atoms with E-state index in [9.17, 15) is 4.79 Å². The minimum absolute atomic E-state index is 0.219. The van der Waals surface area contributed by atoms with Gasteiger partial charge in [-0.1, -0.05) is 23.7 Å². The van der Waals surface area contributed by atoms with Gasteiger partial charge in [-0.25, -0.2) is 4.79 Å². The minimum atomic E-state index is -0.320. The molecule has 6 nitrogen and oxygen atoms in total. The van der Waals surface area contributed by atoms with Crippen molar-refractivity contribution in [2.75, 3.05) is 12.4 Å². The van der Waals surface area contributed by atoms with Crippen molar-refractivity contribution in [1.82, 2.24) is 15.5 Å². The highest BCUT2D eigenvalue weighted by Crippen LogP contribution is 2.22. The van der Waals surface area contributed by atoms with E-state index in [1.807, 2.05) is 19.1 Å². The van der Waals surface area contributed by atoms with Crippen molar-refractivity contribution in [2.45, 2.75) is 19.1 Å². The monoisotopic (exact) mass is 308 g/mol. The minimum Gasteiger partial charge on any atom is -0.375 e. The number of nitrogens with zero attached hydrogens (tertiary/aromatic N) is 1. The quantitative estimate of drug-likeness (QED) is 0.794. The topological polar surface area (TPSA) is 79.0 Å². The molecule has 3 N–H and O–H groups in total. The Morgan fingerprint density at radius 3 is 2.67 bits per heavy atom. The average Bonchev–Trinajstić information content (AvgIpc) is 2.94.